The third-order valence-corrected chi connectivity index (χ3v) is 4.71. The molecule has 0 fully saturated rings. The molecule has 5 nitrogen and oxygen atoms in total. The summed E-state index contributed by atoms with van der Waals surface area (Å²) in [6.07, 6.45) is 3.30. The van der Waals surface area contributed by atoms with Crippen molar-refractivity contribution in [1.82, 2.24) is 5.32 Å². The van der Waals surface area contributed by atoms with Gasteiger partial charge in [-0.1, -0.05) is 30.3 Å². The molecule has 0 radical (unpaired) electrons. The molecule has 0 atom stereocenters. The number of nitrogens with one attached hydrogen (secondary N) is 3. The van der Waals surface area contributed by atoms with Gasteiger partial charge in [0.05, 0.1) is 0 Å². The zero-order valence-corrected chi connectivity index (χ0v) is 16.3. The molecule has 6 heteroatoms. The standard InChI is InChI=1S/C22H21N3O2S/c1-16-5-2-7-18(13-16)24-22(27)25-19-8-3-6-17(14-19)15-23-21(26)11-10-20-9-4-12-28-20/h2-14H,15H2,1H3,(H,23,26)(H2,24,25,27). The molecule has 0 aliphatic rings. The van der Waals surface area contributed by atoms with E-state index in [-0.39, 0.29) is 11.9 Å². The summed E-state index contributed by atoms with van der Waals surface area (Å²) in [5.74, 6) is -0.163. The van der Waals surface area contributed by atoms with Gasteiger partial charge >= 0.3 is 6.03 Å². The topological polar surface area (TPSA) is 70.2 Å². The summed E-state index contributed by atoms with van der Waals surface area (Å²) in [4.78, 5) is 25.1. The van der Waals surface area contributed by atoms with Crippen LogP contribution < -0.4 is 16.0 Å². The van der Waals surface area contributed by atoms with Crippen molar-refractivity contribution < 1.29 is 9.59 Å². The summed E-state index contributed by atoms with van der Waals surface area (Å²) >= 11 is 1.58. The third-order valence-electron chi connectivity index (χ3n) is 3.87. The van der Waals surface area contributed by atoms with Gasteiger partial charge in [-0.05, 0) is 59.8 Å². The van der Waals surface area contributed by atoms with Crippen molar-refractivity contribution in [2.24, 2.45) is 0 Å². The number of urea groups is 1. The zero-order chi connectivity index (χ0) is 19.8. The van der Waals surface area contributed by atoms with Crippen LogP contribution in [0.2, 0.25) is 0 Å². The molecular weight excluding hydrogens is 370 g/mol. The van der Waals surface area contributed by atoms with E-state index < -0.39 is 0 Å². The molecule has 0 spiro atoms. The highest BCUT2D eigenvalue weighted by Crippen LogP contribution is 2.13. The molecule has 1 aromatic heterocycles. The van der Waals surface area contributed by atoms with Crippen molar-refractivity contribution in [3.8, 4) is 0 Å². The number of aryl methyl sites for hydroxylation is 1. The Hall–Kier alpha value is -3.38. The molecule has 0 aliphatic heterocycles. The molecule has 3 amide bonds. The number of hydrogen-bond acceptors (Lipinski definition) is 3. The molecule has 28 heavy (non-hydrogen) atoms. The molecular formula is C22H21N3O2S. The van der Waals surface area contributed by atoms with Crippen molar-refractivity contribution in [3.05, 3.63) is 88.1 Å². The van der Waals surface area contributed by atoms with Gasteiger partial charge in [-0.3, -0.25) is 4.79 Å². The zero-order valence-electron chi connectivity index (χ0n) is 15.4. The number of anilines is 2. The smallest absolute Gasteiger partial charge is 0.323 e. The molecule has 3 rings (SSSR count). The van der Waals surface area contributed by atoms with Crippen LogP contribution in [0.25, 0.3) is 6.08 Å². The largest absolute Gasteiger partial charge is 0.348 e. The summed E-state index contributed by atoms with van der Waals surface area (Å²) < 4.78 is 0. The van der Waals surface area contributed by atoms with E-state index in [1.54, 1.807) is 23.5 Å². The van der Waals surface area contributed by atoms with Crippen LogP contribution in [0.4, 0.5) is 16.2 Å². The average Bonchev–Trinajstić information content (AvgIpc) is 3.18. The lowest BCUT2D eigenvalue weighted by molar-refractivity contribution is -0.116. The molecule has 0 saturated carbocycles. The minimum atomic E-state index is -0.314. The first-order chi connectivity index (χ1) is 13.6. The number of rotatable bonds is 6. The van der Waals surface area contributed by atoms with E-state index in [1.807, 2.05) is 66.9 Å². The summed E-state index contributed by atoms with van der Waals surface area (Å²) in [5.41, 5.74) is 3.36. The predicted octanol–water partition coefficient (Wildman–Crippen LogP) is 5.03. The lowest BCUT2D eigenvalue weighted by Gasteiger charge is -2.10. The van der Waals surface area contributed by atoms with Crippen molar-refractivity contribution >= 4 is 40.7 Å². The fourth-order valence-electron chi connectivity index (χ4n) is 2.57. The van der Waals surface area contributed by atoms with E-state index in [0.29, 0.717) is 12.2 Å². The minimum Gasteiger partial charge on any atom is -0.348 e. The monoisotopic (exact) mass is 391 g/mol. The van der Waals surface area contributed by atoms with Crippen LogP contribution >= 0.6 is 11.3 Å². The van der Waals surface area contributed by atoms with E-state index in [2.05, 4.69) is 16.0 Å². The van der Waals surface area contributed by atoms with Gasteiger partial charge in [0.15, 0.2) is 0 Å². The van der Waals surface area contributed by atoms with Gasteiger partial charge in [0, 0.05) is 28.9 Å². The van der Waals surface area contributed by atoms with Crippen molar-refractivity contribution in [3.63, 3.8) is 0 Å². The molecule has 3 N–H and O–H groups in total. The first kappa shape index (κ1) is 19.4. The summed E-state index contributed by atoms with van der Waals surface area (Å²) in [6.45, 7) is 2.35. The van der Waals surface area contributed by atoms with E-state index in [1.165, 1.54) is 6.08 Å². The highest BCUT2D eigenvalue weighted by molar-refractivity contribution is 7.10. The van der Waals surface area contributed by atoms with Crippen LogP contribution in [0, 0.1) is 6.92 Å². The quantitative estimate of drug-likeness (QED) is 0.516. The van der Waals surface area contributed by atoms with E-state index >= 15 is 0 Å². The van der Waals surface area contributed by atoms with E-state index in [0.717, 1.165) is 21.7 Å². The van der Waals surface area contributed by atoms with E-state index in [4.69, 9.17) is 0 Å². The molecule has 0 saturated heterocycles. The second kappa shape index (κ2) is 9.53. The number of carbonyl (C=O) groups excluding carboxylic acids is 2. The molecule has 1 heterocycles. The molecule has 0 aliphatic carbocycles. The van der Waals surface area contributed by atoms with Crippen LogP contribution in [0.3, 0.4) is 0 Å². The van der Waals surface area contributed by atoms with Crippen molar-refractivity contribution in [2.45, 2.75) is 13.5 Å². The number of benzene rings is 2. The molecule has 2 aromatic carbocycles. The summed E-state index contributed by atoms with van der Waals surface area (Å²) in [7, 11) is 0. The third kappa shape index (κ3) is 6.10. The van der Waals surface area contributed by atoms with Gasteiger partial charge in [-0.2, -0.15) is 0 Å². The van der Waals surface area contributed by atoms with E-state index in [9.17, 15) is 9.59 Å². The summed E-state index contributed by atoms with van der Waals surface area (Å²) in [6, 6.07) is 18.5. The van der Waals surface area contributed by atoms with Crippen molar-refractivity contribution in [2.75, 3.05) is 10.6 Å². The highest BCUT2D eigenvalue weighted by Gasteiger charge is 2.04. The van der Waals surface area contributed by atoms with Crippen molar-refractivity contribution in [1.29, 1.82) is 0 Å². The normalized spacial score (nSPS) is 10.6. The van der Waals surface area contributed by atoms with Gasteiger partial charge in [0.25, 0.3) is 0 Å². The SMILES string of the molecule is Cc1cccc(NC(=O)Nc2cccc(CNC(=O)C=Cc3cccs3)c2)c1. The number of carbonyl (C=O) groups is 2. The lowest BCUT2D eigenvalue weighted by Crippen LogP contribution is -2.21. The van der Waals surface area contributed by atoms with Gasteiger partial charge < -0.3 is 16.0 Å². The van der Waals surface area contributed by atoms with Crippen LogP contribution in [0.15, 0.2) is 72.1 Å². The Kier molecular flexibility index (Phi) is 6.59. The first-order valence-electron chi connectivity index (χ1n) is 8.81. The van der Waals surface area contributed by atoms with Gasteiger partial charge in [-0.15, -0.1) is 11.3 Å². The fraction of sp³-hybridized carbons (Fsp3) is 0.0909. The molecule has 142 valence electrons. The van der Waals surface area contributed by atoms with Gasteiger partial charge in [0.2, 0.25) is 5.91 Å². The maximum absolute atomic E-state index is 12.2. The Balaban J connectivity index is 1.52. The Morgan fingerprint density at radius 1 is 0.964 bits per heavy atom. The Labute approximate surface area is 168 Å². The van der Waals surface area contributed by atoms with Gasteiger partial charge in [0.1, 0.15) is 0 Å². The Morgan fingerprint density at radius 3 is 2.43 bits per heavy atom. The average molecular weight is 391 g/mol. The Bertz CT molecular complexity index is 981. The maximum atomic E-state index is 12.2. The van der Waals surface area contributed by atoms with Crippen LogP contribution in [-0.2, 0) is 11.3 Å². The summed E-state index contributed by atoms with van der Waals surface area (Å²) in [5, 5.41) is 10.4. The van der Waals surface area contributed by atoms with Crippen LogP contribution in [0.1, 0.15) is 16.0 Å². The number of thiophene rings is 1. The van der Waals surface area contributed by atoms with Crippen LogP contribution in [-0.4, -0.2) is 11.9 Å². The number of hydrogen-bond donors (Lipinski definition) is 3. The highest BCUT2D eigenvalue weighted by atomic mass is 32.1. The molecule has 0 bridgehead atoms. The number of amides is 3. The first-order valence-corrected chi connectivity index (χ1v) is 9.69. The lowest BCUT2D eigenvalue weighted by atomic mass is 10.2. The second-order valence-electron chi connectivity index (χ2n) is 6.22. The molecule has 0 unspecified atom stereocenters. The maximum Gasteiger partial charge on any atom is 0.323 e. The minimum absolute atomic E-state index is 0.163. The fourth-order valence-corrected chi connectivity index (χ4v) is 3.19. The predicted molar refractivity (Wildman–Crippen MR) is 115 cm³/mol. The second-order valence-corrected chi connectivity index (χ2v) is 7.19. The van der Waals surface area contributed by atoms with Gasteiger partial charge in [-0.25, -0.2) is 4.79 Å². The van der Waals surface area contributed by atoms with Crippen LogP contribution in [0.5, 0.6) is 0 Å². The molecule has 3 aromatic rings. The Morgan fingerprint density at radius 2 is 1.71 bits per heavy atom.